The van der Waals surface area contributed by atoms with Crippen molar-refractivity contribution in [3.8, 4) is 33.2 Å². The van der Waals surface area contributed by atoms with Gasteiger partial charge in [0.05, 0.1) is 11.2 Å². The molecule has 6 rings (SSSR count). The number of hydrogen-bond donors (Lipinski definition) is 0. The van der Waals surface area contributed by atoms with E-state index in [2.05, 4.69) is 10.2 Å². The molecule has 0 atom stereocenters. The van der Waals surface area contributed by atoms with Gasteiger partial charge in [-0.15, -0.1) is 10.2 Å². The van der Waals surface area contributed by atoms with E-state index in [1.807, 2.05) is 66.7 Å². The van der Waals surface area contributed by atoms with E-state index < -0.39 is 0 Å². The van der Waals surface area contributed by atoms with E-state index in [4.69, 9.17) is 10.1 Å². The molecule has 5 nitrogen and oxygen atoms in total. The van der Waals surface area contributed by atoms with Crippen LogP contribution in [0.2, 0.25) is 0 Å². The van der Waals surface area contributed by atoms with Crippen molar-refractivity contribution in [3.05, 3.63) is 90.7 Å². The summed E-state index contributed by atoms with van der Waals surface area (Å²) in [5, 5.41) is 15.1. The minimum atomic E-state index is -0.295. The molecule has 0 aliphatic carbocycles. The minimum absolute atomic E-state index is 0.295. The van der Waals surface area contributed by atoms with Crippen LogP contribution in [0.5, 0.6) is 0 Å². The summed E-state index contributed by atoms with van der Waals surface area (Å²) in [6.07, 6.45) is 0. The highest BCUT2D eigenvalue weighted by atomic mass is 32.1. The molecule has 3 aromatic heterocycles. The summed E-state index contributed by atoms with van der Waals surface area (Å²) >= 11 is 1.38. The third-order valence-corrected chi connectivity index (χ3v) is 6.04. The van der Waals surface area contributed by atoms with E-state index >= 15 is 0 Å². The van der Waals surface area contributed by atoms with E-state index in [-0.39, 0.29) is 5.82 Å². The van der Waals surface area contributed by atoms with Crippen molar-refractivity contribution in [2.24, 2.45) is 0 Å². The molecule has 0 unspecified atom stereocenters. The molecule has 148 valence electrons. The molecule has 3 aromatic carbocycles. The van der Waals surface area contributed by atoms with Crippen molar-refractivity contribution in [2.45, 2.75) is 0 Å². The van der Waals surface area contributed by atoms with E-state index in [1.54, 1.807) is 10.6 Å². The molecule has 0 radical (unpaired) electrons. The monoisotopic (exact) mass is 423 g/mol. The lowest BCUT2D eigenvalue weighted by Gasteiger charge is -2.08. The van der Waals surface area contributed by atoms with Gasteiger partial charge in [-0.3, -0.25) is 0 Å². The third-order valence-electron chi connectivity index (χ3n) is 5.09. The lowest BCUT2D eigenvalue weighted by molar-refractivity contribution is 0.628. The van der Waals surface area contributed by atoms with Gasteiger partial charge in [-0.1, -0.05) is 72.0 Å². The summed E-state index contributed by atoms with van der Waals surface area (Å²) in [4.78, 5) is 5.49. The topological polar surface area (TPSA) is 56.0 Å². The maximum absolute atomic E-state index is 13.7. The zero-order chi connectivity index (χ0) is 20.8. The molecule has 0 spiro atoms. The van der Waals surface area contributed by atoms with Crippen molar-refractivity contribution in [1.82, 2.24) is 24.8 Å². The standard InChI is InChI=1S/C24H14FN5S/c25-17-10-6-9-16(13-17)23-29-30-22(27-28-24(30)31-23)19-14-21(15-7-2-1-3-8-15)26-20-12-5-4-11-18(19)20/h1-14H. The van der Waals surface area contributed by atoms with Gasteiger partial charge >= 0.3 is 0 Å². The smallest absolute Gasteiger partial charge is 0.235 e. The van der Waals surface area contributed by atoms with E-state index in [0.717, 1.165) is 27.7 Å². The summed E-state index contributed by atoms with van der Waals surface area (Å²) < 4.78 is 15.4. The Kier molecular flexibility index (Phi) is 4.07. The lowest BCUT2D eigenvalue weighted by Crippen LogP contribution is -1.95. The number of fused-ring (bicyclic) bond motifs is 2. The van der Waals surface area contributed by atoms with Gasteiger partial charge in [0.15, 0.2) is 5.82 Å². The number of hydrogen-bond acceptors (Lipinski definition) is 5. The molecule has 0 amide bonds. The first-order valence-corrected chi connectivity index (χ1v) is 10.5. The van der Waals surface area contributed by atoms with Crippen molar-refractivity contribution in [2.75, 3.05) is 0 Å². The Morgan fingerprint density at radius 2 is 1.58 bits per heavy atom. The second kappa shape index (κ2) is 7.07. The Bertz CT molecular complexity index is 1550. The van der Waals surface area contributed by atoms with Gasteiger partial charge in [-0.05, 0) is 24.3 Å². The molecular formula is C24H14FN5S. The summed E-state index contributed by atoms with van der Waals surface area (Å²) in [5.74, 6) is 0.334. The fourth-order valence-electron chi connectivity index (χ4n) is 3.64. The van der Waals surface area contributed by atoms with E-state index in [9.17, 15) is 4.39 Å². The van der Waals surface area contributed by atoms with Crippen molar-refractivity contribution in [3.63, 3.8) is 0 Å². The summed E-state index contributed by atoms with van der Waals surface area (Å²) in [6, 6.07) is 26.4. The summed E-state index contributed by atoms with van der Waals surface area (Å²) in [6.45, 7) is 0. The number of benzene rings is 3. The molecule has 7 heteroatoms. The first-order valence-electron chi connectivity index (χ1n) is 9.70. The van der Waals surface area contributed by atoms with Crippen LogP contribution in [0.15, 0.2) is 84.9 Å². The summed E-state index contributed by atoms with van der Waals surface area (Å²) in [5.41, 5.74) is 4.36. The maximum Gasteiger partial charge on any atom is 0.235 e. The van der Waals surface area contributed by atoms with E-state index in [0.29, 0.717) is 21.4 Å². The number of halogens is 1. The Morgan fingerprint density at radius 1 is 0.774 bits per heavy atom. The number of rotatable bonds is 3. The molecule has 0 aliphatic rings. The molecule has 0 fully saturated rings. The van der Waals surface area contributed by atoms with Gasteiger partial charge in [-0.2, -0.15) is 9.61 Å². The van der Waals surface area contributed by atoms with Gasteiger partial charge in [0.2, 0.25) is 4.96 Å². The second-order valence-electron chi connectivity index (χ2n) is 7.07. The third kappa shape index (κ3) is 3.06. The highest BCUT2D eigenvalue weighted by Crippen LogP contribution is 2.33. The minimum Gasteiger partial charge on any atom is -0.248 e. The second-order valence-corrected chi connectivity index (χ2v) is 8.03. The normalized spacial score (nSPS) is 11.4. The van der Waals surface area contributed by atoms with Crippen LogP contribution in [0.4, 0.5) is 4.39 Å². The van der Waals surface area contributed by atoms with Gasteiger partial charge in [0.25, 0.3) is 0 Å². The van der Waals surface area contributed by atoms with Crippen LogP contribution in [-0.2, 0) is 0 Å². The largest absolute Gasteiger partial charge is 0.248 e. The predicted molar refractivity (Wildman–Crippen MR) is 120 cm³/mol. The average Bonchev–Trinajstić information content (AvgIpc) is 3.40. The highest BCUT2D eigenvalue weighted by Gasteiger charge is 2.18. The van der Waals surface area contributed by atoms with Crippen LogP contribution in [0.1, 0.15) is 0 Å². The van der Waals surface area contributed by atoms with Gasteiger partial charge in [0, 0.05) is 22.1 Å². The van der Waals surface area contributed by atoms with Crippen molar-refractivity contribution < 1.29 is 4.39 Å². The van der Waals surface area contributed by atoms with E-state index in [1.165, 1.54) is 23.5 Å². The number of nitrogens with zero attached hydrogens (tertiary/aromatic N) is 5. The Morgan fingerprint density at radius 3 is 2.45 bits per heavy atom. The average molecular weight is 423 g/mol. The SMILES string of the molecule is Fc1cccc(-c2nn3c(-c4cc(-c5ccccc5)nc5ccccc45)nnc3s2)c1. The van der Waals surface area contributed by atoms with Crippen LogP contribution in [0.3, 0.4) is 0 Å². The summed E-state index contributed by atoms with van der Waals surface area (Å²) in [7, 11) is 0. The number of aromatic nitrogens is 5. The first-order chi connectivity index (χ1) is 15.3. The van der Waals surface area contributed by atoms with Crippen LogP contribution in [0, 0.1) is 5.82 Å². The maximum atomic E-state index is 13.7. The molecule has 31 heavy (non-hydrogen) atoms. The first kappa shape index (κ1) is 17.9. The zero-order valence-electron chi connectivity index (χ0n) is 16.1. The van der Waals surface area contributed by atoms with Crippen LogP contribution in [0.25, 0.3) is 49.1 Å². The zero-order valence-corrected chi connectivity index (χ0v) is 16.9. The lowest BCUT2D eigenvalue weighted by atomic mass is 10.0. The Labute approximate surface area is 180 Å². The Hall–Kier alpha value is -3.97. The molecule has 0 N–H and O–H groups in total. The molecule has 0 aliphatic heterocycles. The fourth-order valence-corrected chi connectivity index (χ4v) is 4.48. The van der Waals surface area contributed by atoms with Gasteiger partial charge in [0.1, 0.15) is 10.8 Å². The van der Waals surface area contributed by atoms with Gasteiger partial charge < -0.3 is 0 Å². The number of pyridine rings is 1. The Balaban J connectivity index is 1.58. The van der Waals surface area contributed by atoms with Crippen molar-refractivity contribution in [1.29, 1.82) is 0 Å². The molecule has 0 saturated carbocycles. The van der Waals surface area contributed by atoms with Crippen LogP contribution < -0.4 is 0 Å². The highest BCUT2D eigenvalue weighted by molar-refractivity contribution is 7.19. The molecule has 0 saturated heterocycles. The van der Waals surface area contributed by atoms with Crippen LogP contribution >= 0.6 is 11.3 Å². The van der Waals surface area contributed by atoms with Crippen LogP contribution in [-0.4, -0.2) is 24.8 Å². The quantitative estimate of drug-likeness (QED) is 0.357. The molecule has 6 aromatic rings. The van der Waals surface area contributed by atoms with Gasteiger partial charge in [-0.25, -0.2) is 9.37 Å². The molecule has 0 bridgehead atoms. The van der Waals surface area contributed by atoms with Crippen molar-refractivity contribution >= 4 is 27.2 Å². The fraction of sp³-hybridized carbons (Fsp3) is 0. The molecule has 3 heterocycles. The molecular weight excluding hydrogens is 409 g/mol. The number of para-hydroxylation sites is 1. The predicted octanol–water partition coefficient (Wildman–Crippen LogP) is 5.87.